The summed E-state index contributed by atoms with van der Waals surface area (Å²) in [6, 6.07) is 10.0. The molecule has 2 amide bonds. The van der Waals surface area contributed by atoms with Crippen molar-refractivity contribution < 1.29 is 22.7 Å². The Morgan fingerprint density at radius 1 is 1.00 bits per heavy atom. The minimum Gasteiger partial charge on any atom is -0.482 e. The van der Waals surface area contributed by atoms with E-state index in [9.17, 15) is 18.0 Å². The van der Waals surface area contributed by atoms with Crippen LogP contribution >= 0.6 is 0 Å². The van der Waals surface area contributed by atoms with Gasteiger partial charge in [-0.1, -0.05) is 6.07 Å². The monoisotopic (exact) mass is 429 g/mol. The van der Waals surface area contributed by atoms with Crippen molar-refractivity contribution >= 4 is 27.5 Å². The largest absolute Gasteiger partial charge is 0.482 e. The number of hydrogen-bond donors (Lipinski definition) is 1. The second-order valence-corrected chi connectivity index (χ2v) is 9.43. The number of ether oxygens (including phenoxy) is 1. The lowest BCUT2D eigenvalue weighted by atomic mass is 10.1. The van der Waals surface area contributed by atoms with E-state index in [0.29, 0.717) is 30.1 Å². The summed E-state index contributed by atoms with van der Waals surface area (Å²) >= 11 is 0. The third kappa shape index (κ3) is 3.78. The van der Waals surface area contributed by atoms with Crippen LogP contribution in [0.5, 0.6) is 5.75 Å². The molecular formula is C21H23N3O5S. The van der Waals surface area contributed by atoms with E-state index >= 15 is 0 Å². The Morgan fingerprint density at radius 2 is 1.73 bits per heavy atom. The topological polar surface area (TPSA) is 96.0 Å². The van der Waals surface area contributed by atoms with Gasteiger partial charge in [0.05, 0.1) is 10.6 Å². The fourth-order valence-corrected chi connectivity index (χ4v) is 5.01. The first kappa shape index (κ1) is 20.4. The normalized spacial score (nSPS) is 17.1. The molecule has 0 unspecified atom stereocenters. The molecule has 0 saturated carbocycles. The smallest absolute Gasteiger partial charge is 0.262 e. The summed E-state index contributed by atoms with van der Waals surface area (Å²) in [5, 5.41) is 2.62. The van der Waals surface area contributed by atoms with Crippen LogP contribution < -0.4 is 10.1 Å². The van der Waals surface area contributed by atoms with Crippen molar-refractivity contribution in [2.45, 2.75) is 18.7 Å². The number of aryl methyl sites for hydroxylation is 2. The number of nitrogens with zero attached hydrogens (tertiary/aromatic N) is 2. The number of piperazine rings is 1. The summed E-state index contributed by atoms with van der Waals surface area (Å²) in [5.41, 5.74) is 3.12. The van der Waals surface area contributed by atoms with Crippen molar-refractivity contribution in [3.63, 3.8) is 0 Å². The van der Waals surface area contributed by atoms with Gasteiger partial charge in [0.25, 0.3) is 11.8 Å². The maximum Gasteiger partial charge on any atom is 0.262 e. The summed E-state index contributed by atoms with van der Waals surface area (Å²) < 4.78 is 32.8. The van der Waals surface area contributed by atoms with Gasteiger partial charge in [0.2, 0.25) is 10.0 Å². The van der Waals surface area contributed by atoms with E-state index < -0.39 is 10.0 Å². The Hall–Kier alpha value is -2.91. The number of amides is 2. The molecule has 9 heteroatoms. The number of carbonyl (C=O) groups excluding carboxylic acids is 2. The quantitative estimate of drug-likeness (QED) is 0.802. The molecule has 1 saturated heterocycles. The van der Waals surface area contributed by atoms with Gasteiger partial charge in [-0.25, -0.2) is 8.42 Å². The number of sulfonamides is 1. The van der Waals surface area contributed by atoms with Crippen LogP contribution in [0.1, 0.15) is 21.5 Å². The molecule has 2 aliphatic heterocycles. The van der Waals surface area contributed by atoms with E-state index in [2.05, 4.69) is 5.32 Å². The molecule has 158 valence electrons. The highest BCUT2D eigenvalue weighted by atomic mass is 32.2. The van der Waals surface area contributed by atoms with Crippen LogP contribution in [0.2, 0.25) is 0 Å². The summed E-state index contributed by atoms with van der Waals surface area (Å²) in [4.78, 5) is 26.1. The van der Waals surface area contributed by atoms with Gasteiger partial charge in [0.1, 0.15) is 5.75 Å². The van der Waals surface area contributed by atoms with Crippen LogP contribution in [0.3, 0.4) is 0 Å². The number of fused-ring (bicyclic) bond motifs is 1. The summed E-state index contributed by atoms with van der Waals surface area (Å²) in [7, 11) is -3.75. The number of carbonyl (C=O) groups is 2. The molecule has 1 fully saturated rings. The van der Waals surface area contributed by atoms with E-state index in [1.165, 1.54) is 16.4 Å². The Morgan fingerprint density at radius 3 is 2.43 bits per heavy atom. The average Bonchev–Trinajstić information content (AvgIpc) is 2.74. The molecule has 30 heavy (non-hydrogen) atoms. The first-order chi connectivity index (χ1) is 14.3. The van der Waals surface area contributed by atoms with Gasteiger partial charge >= 0.3 is 0 Å². The molecule has 8 nitrogen and oxygen atoms in total. The van der Waals surface area contributed by atoms with Gasteiger partial charge in [0, 0.05) is 31.7 Å². The van der Waals surface area contributed by atoms with Crippen LogP contribution in [0.15, 0.2) is 41.3 Å². The Balaban J connectivity index is 1.47. The minimum absolute atomic E-state index is 0.0842. The fourth-order valence-electron chi connectivity index (χ4n) is 3.56. The molecular weight excluding hydrogens is 406 g/mol. The highest BCUT2D eigenvalue weighted by Gasteiger charge is 2.31. The first-order valence-corrected chi connectivity index (χ1v) is 11.1. The zero-order valence-electron chi connectivity index (χ0n) is 16.8. The van der Waals surface area contributed by atoms with Gasteiger partial charge in [-0.3, -0.25) is 9.59 Å². The SMILES string of the molecule is Cc1ccc(C(=O)N2CCN(S(=O)(=O)c3ccc4c(c3)NC(=O)CO4)CC2)cc1C. The summed E-state index contributed by atoms with van der Waals surface area (Å²) in [5.74, 6) is 0.0247. The lowest BCUT2D eigenvalue weighted by Crippen LogP contribution is -2.50. The minimum atomic E-state index is -3.75. The van der Waals surface area contributed by atoms with E-state index in [4.69, 9.17) is 4.74 Å². The third-order valence-corrected chi connectivity index (χ3v) is 7.40. The molecule has 2 heterocycles. The Kier molecular flexibility index (Phi) is 5.25. The molecule has 0 atom stereocenters. The van der Waals surface area contributed by atoms with Crippen LogP contribution in [0.25, 0.3) is 0 Å². The van der Waals surface area contributed by atoms with E-state index in [1.54, 1.807) is 17.0 Å². The van der Waals surface area contributed by atoms with Crippen molar-refractivity contribution in [2.75, 3.05) is 38.1 Å². The highest BCUT2D eigenvalue weighted by molar-refractivity contribution is 7.89. The first-order valence-electron chi connectivity index (χ1n) is 9.69. The molecule has 0 bridgehead atoms. The fraction of sp³-hybridized carbons (Fsp3) is 0.333. The second kappa shape index (κ2) is 7.73. The van der Waals surface area contributed by atoms with Crippen LogP contribution in [0.4, 0.5) is 5.69 Å². The van der Waals surface area contributed by atoms with Crippen molar-refractivity contribution in [1.82, 2.24) is 9.21 Å². The maximum atomic E-state index is 13.1. The van der Waals surface area contributed by atoms with E-state index in [0.717, 1.165) is 11.1 Å². The number of anilines is 1. The second-order valence-electron chi connectivity index (χ2n) is 7.49. The molecule has 2 aliphatic rings. The number of rotatable bonds is 3. The standard InChI is InChI=1S/C21H23N3O5S/c1-14-3-4-16(11-15(14)2)21(26)23-7-9-24(10-8-23)30(27,28)17-5-6-19-18(12-17)22-20(25)13-29-19/h3-6,11-12H,7-10,13H2,1-2H3,(H,22,25). The number of hydrogen-bond acceptors (Lipinski definition) is 5. The van der Waals surface area contributed by atoms with Crippen molar-refractivity contribution in [3.05, 3.63) is 53.1 Å². The van der Waals surface area contributed by atoms with E-state index in [-0.39, 0.29) is 36.4 Å². The predicted molar refractivity (Wildman–Crippen MR) is 111 cm³/mol. The zero-order chi connectivity index (χ0) is 21.5. The van der Waals surface area contributed by atoms with Gasteiger partial charge < -0.3 is 15.0 Å². The van der Waals surface area contributed by atoms with Crippen LogP contribution in [-0.4, -0.2) is 62.2 Å². The lowest BCUT2D eigenvalue weighted by Gasteiger charge is -2.34. The van der Waals surface area contributed by atoms with Crippen molar-refractivity contribution in [3.8, 4) is 5.75 Å². The molecule has 0 spiro atoms. The third-order valence-electron chi connectivity index (χ3n) is 5.50. The Labute approximate surface area is 175 Å². The average molecular weight is 429 g/mol. The summed E-state index contributed by atoms with van der Waals surface area (Å²) in [6.07, 6.45) is 0. The molecule has 0 aliphatic carbocycles. The molecule has 0 aromatic heterocycles. The predicted octanol–water partition coefficient (Wildman–Crippen LogP) is 1.78. The molecule has 0 radical (unpaired) electrons. The lowest BCUT2D eigenvalue weighted by molar-refractivity contribution is -0.118. The Bertz CT molecular complexity index is 1120. The van der Waals surface area contributed by atoms with Gasteiger partial charge in [-0.05, 0) is 55.3 Å². The van der Waals surface area contributed by atoms with Crippen LogP contribution in [0, 0.1) is 13.8 Å². The zero-order valence-corrected chi connectivity index (χ0v) is 17.7. The number of nitrogens with one attached hydrogen (secondary N) is 1. The molecule has 2 aromatic carbocycles. The molecule has 4 rings (SSSR count). The maximum absolute atomic E-state index is 13.1. The van der Waals surface area contributed by atoms with Gasteiger partial charge in [-0.15, -0.1) is 0 Å². The molecule has 1 N–H and O–H groups in total. The number of benzene rings is 2. The van der Waals surface area contributed by atoms with Gasteiger partial charge in [0.15, 0.2) is 6.61 Å². The van der Waals surface area contributed by atoms with Gasteiger partial charge in [-0.2, -0.15) is 4.31 Å². The van der Waals surface area contributed by atoms with Crippen molar-refractivity contribution in [1.29, 1.82) is 0 Å². The van der Waals surface area contributed by atoms with Crippen molar-refractivity contribution in [2.24, 2.45) is 0 Å². The molecule has 2 aromatic rings. The van der Waals surface area contributed by atoms with E-state index in [1.807, 2.05) is 26.0 Å². The highest BCUT2D eigenvalue weighted by Crippen LogP contribution is 2.31. The van der Waals surface area contributed by atoms with Crippen LogP contribution in [-0.2, 0) is 14.8 Å². The summed E-state index contributed by atoms with van der Waals surface area (Å²) in [6.45, 7) is 4.91.